The van der Waals surface area contributed by atoms with E-state index < -0.39 is 0 Å². The maximum absolute atomic E-state index is 5.94. The van der Waals surface area contributed by atoms with Crippen molar-refractivity contribution >= 4 is 28.9 Å². The van der Waals surface area contributed by atoms with Crippen molar-refractivity contribution < 1.29 is 0 Å². The Bertz CT molecular complexity index is 675. The van der Waals surface area contributed by atoms with Crippen molar-refractivity contribution in [3.8, 4) is 0 Å². The fourth-order valence-electron chi connectivity index (χ4n) is 1.89. The van der Waals surface area contributed by atoms with Gasteiger partial charge in [-0.3, -0.25) is 0 Å². The number of nitrogens with zero attached hydrogens (tertiary/aromatic N) is 4. The van der Waals surface area contributed by atoms with Gasteiger partial charge in [0, 0.05) is 18.7 Å². The lowest BCUT2D eigenvalue weighted by molar-refractivity contribution is 0.705. The van der Waals surface area contributed by atoms with Crippen molar-refractivity contribution in [2.24, 2.45) is 5.73 Å². The van der Waals surface area contributed by atoms with Crippen LogP contribution in [0.15, 0.2) is 40.1 Å². The minimum absolute atomic E-state index is 0.0916. The molecule has 3 heterocycles. The summed E-state index contributed by atoms with van der Waals surface area (Å²) in [4.78, 5) is 8.84. The van der Waals surface area contributed by atoms with E-state index in [1.54, 1.807) is 18.1 Å². The predicted octanol–water partition coefficient (Wildman–Crippen LogP) is 2.23. The molecule has 0 fully saturated rings. The summed E-state index contributed by atoms with van der Waals surface area (Å²) in [7, 11) is 0. The van der Waals surface area contributed by atoms with Crippen LogP contribution in [0.1, 0.15) is 12.6 Å². The first kappa shape index (κ1) is 12.6. The van der Waals surface area contributed by atoms with Gasteiger partial charge in [0.1, 0.15) is 17.0 Å². The summed E-state index contributed by atoms with van der Waals surface area (Å²) >= 11 is 2.92. The zero-order chi connectivity index (χ0) is 13.2. The highest BCUT2D eigenvalue weighted by Crippen LogP contribution is 2.31. The number of hydrogen-bond acceptors (Lipinski definition) is 6. The van der Waals surface area contributed by atoms with E-state index in [-0.39, 0.29) is 6.04 Å². The summed E-state index contributed by atoms with van der Waals surface area (Å²) < 4.78 is 7.00. The van der Waals surface area contributed by atoms with Crippen molar-refractivity contribution in [2.75, 3.05) is 0 Å². The molecule has 19 heavy (non-hydrogen) atoms. The SMILES string of the molecule is CC(N)Cc1c(Sc2ncns2)nc2ccccn12. The Morgan fingerprint density at radius 3 is 3.11 bits per heavy atom. The molecule has 3 aromatic rings. The Morgan fingerprint density at radius 1 is 1.47 bits per heavy atom. The van der Waals surface area contributed by atoms with Gasteiger partial charge in [0.15, 0.2) is 4.34 Å². The zero-order valence-corrected chi connectivity index (χ0v) is 12.0. The molecular weight excluding hydrogens is 278 g/mol. The fraction of sp³-hybridized carbons (Fsp3) is 0.250. The van der Waals surface area contributed by atoms with Crippen molar-refractivity contribution in [1.29, 1.82) is 0 Å². The van der Waals surface area contributed by atoms with Crippen LogP contribution in [0.4, 0.5) is 0 Å². The van der Waals surface area contributed by atoms with Gasteiger partial charge in [-0.05, 0) is 42.4 Å². The van der Waals surface area contributed by atoms with Crippen LogP contribution in [0.5, 0.6) is 0 Å². The first-order valence-corrected chi connectivity index (χ1v) is 7.49. The number of imidazole rings is 1. The first-order chi connectivity index (χ1) is 9.24. The Balaban J connectivity index is 2.06. The lowest BCUT2D eigenvalue weighted by Gasteiger charge is -2.06. The largest absolute Gasteiger partial charge is 0.328 e. The standard InChI is InChI=1S/C12H13N5S2/c1-8(13)6-9-11(18-12-14-7-15-19-12)16-10-4-2-3-5-17(9)10/h2-5,7-8H,6,13H2,1H3. The molecule has 7 heteroatoms. The quantitative estimate of drug-likeness (QED) is 0.798. The third-order valence-corrected chi connectivity index (χ3v) is 4.37. The molecule has 0 aromatic carbocycles. The third kappa shape index (κ3) is 2.63. The lowest BCUT2D eigenvalue weighted by Crippen LogP contribution is -2.19. The van der Waals surface area contributed by atoms with Crippen LogP contribution in [0.3, 0.4) is 0 Å². The fourth-order valence-corrected chi connectivity index (χ4v) is 3.39. The van der Waals surface area contributed by atoms with Crippen molar-refractivity contribution in [2.45, 2.75) is 28.8 Å². The average molecular weight is 291 g/mol. The number of rotatable bonds is 4. The number of pyridine rings is 1. The normalized spacial score (nSPS) is 12.9. The number of nitrogens with two attached hydrogens (primary N) is 1. The molecule has 3 aromatic heterocycles. The van der Waals surface area contributed by atoms with Gasteiger partial charge >= 0.3 is 0 Å². The molecule has 98 valence electrons. The van der Waals surface area contributed by atoms with E-state index in [2.05, 4.69) is 18.7 Å². The summed E-state index contributed by atoms with van der Waals surface area (Å²) in [5.41, 5.74) is 8.01. The Hall–Kier alpha value is -1.44. The van der Waals surface area contributed by atoms with E-state index >= 15 is 0 Å². The van der Waals surface area contributed by atoms with Gasteiger partial charge in [0.2, 0.25) is 0 Å². The molecule has 0 radical (unpaired) electrons. The second-order valence-electron chi connectivity index (χ2n) is 4.28. The molecule has 0 bridgehead atoms. The van der Waals surface area contributed by atoms with Crippen molar-refractivity contribution in [1.82, 2.24) is 18.7 Å². The van der Waals surface area contributed by atoms with Gasteiger partial charge in [0.25, 0.3) is 0 Å². The molecule has 3 rings (SSSR count). The van der Waals surface area contributed by atoms with Gasteiger partial charge in [-0.15, -0.1) is 0 Å². The molecule has 1 atom stereocenters. The van der Waals surface area contributed by atoms with E-state index in [0.29, 0.717) is 0 Å². The van der Waals surface area contributed by atoms with Crippen LogP contribution in [0.25, 0.3) is 5.65 Å². The second kappa shape index (κ2) is 5.28. The van der Waals surface area contributed by atoms with Gasteiger partial charge in [-0.1, -0.05) is 6.07 Å². The summed E-state index contributed by atoms with van der Waals surface area (Å²) in [6, 6.07) is 6.07. The van der Waals surface area contributed by atoms with Crippen LogP contribution >= 0.6 is 23.3 Å². The van der Waals surface area contributed by atoms with Crippen molar-refractivity contribution in [3.05, 3.63) is 36.4 Å². The van der Waals surface area contributed by atoms with Crippen LogP contribution in [-0.2, 0) is 6.42 Å². The van der Waals surface area contributed by atoms with Crippen molar-refractivity contribution in [3.63, 3.8) is 0 Å². The predicted molar refractivity (Wildman–Crippen MR) is 76.6 cm³/mol. The number of hydrogen-bond donors (Lipinski definition) is 1. The van der Waals surface area contributed by atoms with Gasteiger partial charge in [-0.2, -0.15) is 4.37 Å². The minimum atomic E-state index is 0.0916. The van der Waals surface area contributed by atoms with Gasteiger partial charge in [0.05, 0.1) is 5.69 Å². The monoisotopic (exact) mass is 291 g/mol. The maximum Gasteiger partial charge on any atom is 0.176 e. The highest BCUT2D eigenvalue weighted by Gasteiger charge is 2.15. The summed E-state index contributed by atoms with van der Waals surface area (Å²) in [6.45, 7) is 2.00. The molecule has 0 amide bonds. The van der Waals surface area contributed by atoms with E-state index in [0.717, 1.165) is 27.1 Å². The second-order valence-corrected chi connectivity index (χ2v) is 6.30. The van der Waals surface area contributed by atoms with Gasteiger partial charge in [-0.25, -0.2) is 9.97 Å². The number of aromatic nitrogens is 4. The zero-order valence-electron chi connectivity index (χ0n) is 10.4. The molecule has 0 saturated heterocycles. The average Bonchev–Trinajstić information content (AvgIpc) is 2.99. The van der Waals surface area contributed by atoms with E-state index in [4.69, 9.17) is 5.73 Å². The first-order valence-electron chi connectivity index (χ1n) is 5.90. The highest BCUT2D eigenvalue weighted by atomic mass is 32.2. The molecule has 0 aliphatic carbocycles. The minimum Gasteiger partial charge on any atom is -0.328 e. The molecule has 0 aliphatic rings. The Kier molecular flexibility index (Phi) is 3.50. The van der Waals surface area contributed by atoms with Gasteiger partial charge < -0.3 is 10.1 Å². The Morgan fingerprint density at radius 2 is 2.37 bits per heavy atom. The van der Waals surface area contributed by atoms with E-state index in [9.17, 15) is 0 Å². The third-order valence-electron chi connectivity index (χ3n) is 2.63. The topological polar surface area (TPSA) is 69.1 Å². The summed E-state index contributed by atoms with van der Waals surface area (Å²) in [5.74, 6) is 0. The maximum atomic E-state index is 5.94. The van der Waals surface area contributed by atoms with Crippen LogP contribution in [0.2, 0.25) is 0 Å². The van der Waals surface area contributed by atoms with E-state index in [1.165, 1.54) is 11.5 Å². The molecule has 2 N–H and O–H groups in total. The smallest absolute Gasteiger partial charge is 0.176 e. The summed E-state index contributed by atoms with van der Waals surface area (Å²) in [6.07, 6.45) is 4.37. The molecule has 0 saturated carbocycles. The van der Waals surface area contributed by atoms with E-state index in [1.807, 2.05) is 31.3 Å². The number of fused-ring (bicyclic) bond motifs is 1. The molecular formula is C12H13N5S2. The molecule has 5 nitrogen and oxygen atoms in total. The molecule has 1 unspecified atom stereocenters. The van der Waals surface area contributed by atoms with Crippen LogP contribution in [0, 0.1) is 0 Å². The van der Waals surface area contributed by atoms with Crippen LogP contribution in [-0.4, -0.2) is 24.8 Å². The summed E-state index contributed by atoms with van der Waals surface area (Å²) in [5, 5.41) is 0.959. The molecule has 0 spiro atoms. The highest BCUT2D eigenvalue weighted by molar-refractivity contribution is 8.00. The van der Waals surface area contributed by atoms with Crippen LogP contribution < -0.4 is 5.73 Å². The molecule has 0 aliphatic heterocycles. The lowest BCUT2D eigenvalue weighted by atomic mass is 10.2. The Labute approximate surface area is 119 Å².